The van der Waals surface area contributed by atoms with Crippen molar-refractivity contribution in [1.82, 2.24) is 5.32 Å². The molecule has 0 bridgehead atoms. The van der Waals surface area contributed by atoms with Gasteiger partial charge in [-0.3, -0.25) is 4.79 Å². The molecule has 1 aromatic rings. The second kappa shape index (κ2) is 5.50. The highest BCUT2D eigenvalue weighted by atomic mass is 35.5. The highest BCUT2D eigenvalue weighted by Crippen LogP contribution is 2.38. The van der Waals surface area contributed by atoms with Gasteiger partial charge in [0.25, 0.3) is 0 Å². The first kappa shape index (κ1) is 13.7. The molecule has 1 aromatic carbocycles. The zero-order valence-electron chi connectivity index (χ0n) is 10.5. The van der Waals surface area contributed by atoms with E-state index in [1.165, 1.54) is 0 Å². The summed E-state index contributed by atoms with van der Waals surface area (Å²) in [5, 5.41) is 4.28. The average molecular weight is 286 g/mol. The lowest BCUT2D eigenvalue weighted by Crippen LogP contribution is -2.29. The van der Waals surface area contributed by atoms with Crippen LogP contribution < -0.4 is 5.32 Å². The van der Waals surface area contributed by atoms with Crippen molar-refractivity contribution in [2.75, 3.05) is 6.54 Å². The summed E-state index contributed by atoms with van der Waals surface area (Å²) >= 11 is 12.3. The van der Waals surface area contributed by atoms with Gasteiger partial charge in [-0.25, -0.2) is 0 Å². The molecule has 1 aliphatic carbocycles. The molecule has 0 radical (unpaired) electrons. The van der Waals surface area contributed by atoms with Crippen molar-refractivity contribution in [3.63, 3.8) is 0 Å². The molecule has 1 N–H and O–H groups in total. The van der Waals surface area contributed by atoms with Gasteiger partial charge in [-0.15, -0.1) is 0 Å². The van der Waals surface area contributed by atoms with Gasteiger partial charge < -0.3 is 5.32 Å². The first-order valence-corrected chi connectivity index (χ1v) is 6.98. The molecule has 1 saturated carbocycles. The molecule has 1 aliphatic rings. The van der Waals surface area contributed by atoms with Gasteiger partial charge in [-0.1, -0.05) is 43.1 Å². The summed E-state index contributed by atoms with van der Waals surface area (Å²) in [6.45, 7) is 4.69. The van der Waals surface area contributed by atoms with Crippen molar-refractivity contribution >= 4 is 29.1 Å². The molecule has 2 nitrogen and oxygen atoms in total. The van der Waals surface area contributed by atoms with Crippen LogP contribution in [-0.2, 0) is 4.79 Å². The molecular formula is C14H17Cl2NO. The van der Waals surface area contributed by atoms with Gasteiger partial charge in [0.2, 0.25) is 5.91 Å². The van der Waals surface area contributed by atoms with Gasteiger partial charge >= 0.3 is 0 Å². The van der Waals surface area contributed by atoms with Crippen LogP contribution in [0.5, 0.6) is 0 Å². The summed E-state index contributed by atoms with van der Waals surface area (Å²) in [4.78, 5) is 11.7. The SMILES string of the molecule is C[C@H](CNC(=O)[C@H]1C[C@H]1C)c1c(Cl)cccc1Cl. The molecule has 18 heavy (non-hydrogen) atoms. The largest absolute Gasteiger partial charge is 0.355 e. The summed E-state index contributed by atoms with van der Waals surface area (Å²) in [5.41, 5.74) is 0.907. The Balaban J connectivity index is 1.95. The number of benzene rings is 1. The minimum atomic E-state index is 0.115. The van der Waals surface area contributed by atoms with Crippen molar-refractivity contribution in [3.05, 3.63) is 33.8 Å². The lowest BCUT2D eigenvalue weighted by Gasteiger charge is -2.16. The molecule has 1 fully saturated rings. The fourth-order valence-electron chi connectivity index (χ4n) is 2.16. The predicted molar refractivity (Wildman–Crippen MR) is 75.2 cm³/mol. The van der Waals surface area contributed by atoms with Crippen LogP contribution in [0.4, 0.5) is 0 Å². The topological polar surface area (TPSA) is 29.1 Å². The Morgan fingerprint density at radius 3 is 2.50 bits per heavy atom. The number of nitrogens with one attached hydrogen (secondary N) is 1. The predicted octanol–water partition coefficient (Wildman–Crippen LogP) is 3.87. The molecule has 3 atom stereocenters. The first-order chi connectivity index (χ1) is 8.50. The van der Waals surface area contributed by atoms with E-state index in [-0.39, 0.29) is 17.7 Å². The Kier molecular flexibility index (Phi) is 4.18. The number of carbonyl (C=O) groups is 1. The van der Waals surface area contributed by atoms with Crippen LogP contribution in [0.2, 0.25) is 10.0 Å². The highest BCUT2D eigenvalue weighted by Gasteiger charge is 2.38. The van der Waals surface area contributed by atoms with Gasteiger partial charge in [-0.05, 0) is 30.0 Å². The molecule has 2 rings (SSSR count). The maximum absolute atomic E-state index is 11.7. The number of halogens is 2. The Hall–Kier alpha value is -0.730. The zero-order chi connectivity index (χ0) is 13.3. The van der Waals surface area contributed by atoms with Gasteiger partial charge in [0.15, 0.2) is 0 Å². The molecule has 0 aromatic heterocycles. The van der Waals surface area contributed by atoms with Gasteiger partial charge in [0.05, 0.1) is 0 Å². The lowest BCUT2D eigenvalue weighted by molar-refractivity contribution is -0.122. The van der Waals surface area contributed by atoms with Gasteiger partial charge in [0, 0.05) is 28.4 Å². The average Bonchev–Trinajstić information content (AvgIpc) is 3.03. The standard InChI is InChI=1S/C14H17Cl2NO/c1-8-6-10(8)14(18)17-7-9(2)13-11(15)4-3-5-12(13)16/h3-5,8-10H,6-7H2,1-2H3,(H,17,18)/t8-,9-,10+/m1/s1. The molecule has 4 heteroatoms. The fraction of sp³-hybridized carbons (Fsp3) is 0.500. The van der Waals surface area contributed by atoms with E-state index in [9.17, 15) is 4.79 Å². The van der Waals surface area contributed by atoms with Crippen LogP contribution in [-0.4, -0.2) is 12.5 Å². The van der Waals surface area contributed by atoms with Crippen molar-refractivity contribution in [2.24, 2.45) is 11.8 Å². The quantitative estimate of drug-likeness (QED) is 0.894. The van der Waals surface area contributed by atoms with Crippen LogP contribution in [0.1, 0.15) is 31.7 Å². The van der Waals surface area contributed by atoms with Crippen molar-refractivity contribution in [3.8, 4) is 0 Å². The van der Waals surface area contributed by atoms with E-state index in [0.717, 1.165) is 12.0 Å². The van der Waals surface area contributed by atoms with Crippen molar-refractivity contribution in [1.29, 1.82) is 0 Å². The Morgan fingerprint density at radius 2 is 2.00 bits per heavy atom. The van der Waals surface area contributed by atoms with Crippen molar-refractivity contribution < 1.29 is 4.79 Å². The molecular weight excluding hydrogens is 269 g/mol. The number of rotatable bonds is 4. The van der Waals surface area contributed by atoms with Crippen LogP contribution in [0.3, 0.4) is 0 Å². The third-order valence-electron chi connectivity index (χ3n) is 3.52. The number of amides is 1. The van der Waals surface area contributed by atoms with Crippen LogP contribution in [0.15, 0.2) is 18.2 Å². The molecule has 98 valence electrons. The Morgan fingerprint density at radius 1 is 1.44 bits per heavy atom. The van der Waals surface area contributed by atoms with Gasteiger partial charge in [-0.2, -0.15) is 0 Å². The lowest BCUT2D eigenvalue weighted by atomic mass is 10.0. The summed E-state index contributed by atoms with van der Waals surface area (Å²) in [7, 11) is 0. The van der Waals surface area contributed by atoms with E-state index in [4.69, 9.17) is 23.2 Å². The van der Waals surface area contributed by atoms with E-state index in [2.05, 4.69) is 12.2 Å². The van der Waals surface area contributed by atoms with Crippen LogP contribution in [0, 0.1) is 11.8 Å². The zero-order valence-corrected chi connectivity index (χ0v) is 12.1. The summed E-state index contributed by atoms with van der Waals surface area (Å²) in [5.74, 6) is 1.00. The minimum absolute atomic E-state index is 0.115. The molecule has 1 amide bonds. The van der Waals surface area contributed by atoms with Crippen LogP contribution >= 0.6 is 23.2 Å². The maximum Gasteiger partial charge on any atom is 0.223 e. The summed E-state index contributed by atoms with van der Waals surface area (Å²) in [6, 6.07) is 5.47. The first-order valence-electron chi connectivity index (χ1n) is 6.22. The number of hydrogen-bond acceptors (Lipinski definition) is 1. The molecule has 0 aliphatic heterocycles. The van der Waals surface area contributed by atoms with E-state index < -0.39 is 0 Å². The van der Waals surface area contributed by atoms with E-state index >= 15 is 0 Å². The normalized spacial score (nSPS) is 23.6. The molecule has 0 unspecified atom stereocenters. The second-order valence-electron chi connectivity index (χ2n) is 5.10. The molecule has 0 saturated heterocycles. The third-order valence-corrected chi connectivity index (χ3v) is 4.18. The monoisotopic (exact) mass is 285 g/mol. The van der Waals surface area contributed by atoms with Crippen molar-refractivity contribution in [2.45, 2.75) is 26.2 Å². The Labute approximate surface area is 118 Å². The number of hydrogen-bond donors (Lipinski definition) is 1. The highest BCUT2D eigenvalue weighted by molar-refractivity contribution is 6.36. The smallest absolute Gasteiger partial charge is 0.223 e. The number of carbonyl (C=O) groups excluding carboxylic acids is 1. The summed E-state index contributed by atoms with van der Waals surface area (Å²) < 4.78 is 0. The third kappa shape index (κ3) is 2.99. The van der Waals surface area contributed by atoms with Gasteiger partial charge in [0.1, 0.15) is 0 Å². The molecule has 0 heterocycles. The summed E-state index contributed by atoms with van der Waals surface area (Å²) in [6.07, 6.45) is 1.01. The second-order valence-corrected chi connectivity index (χ2v) is 5.92. The van der Waals surface area contributed by atoms with Crippen LogP contribution in [0.25, 0.3) is 0 Å². The maximum atomic E-state index is 11.7. The van der Waals surface area contributed by atoms with E-state index in [1.807, 2.05) is 25.1 Å². The minimum Gasteiger partial charge on any atom is -0.355 e. The molecule has 0 spiro atoms. The van der Waals surface area contributed by atoms with E-state index in [1.54, 1.807) is 0 Å². The fourth-order valence-corrected chi connectivity index (χ4v) is 2.93. The Bertz CT molecular complexity index is 441. The van der Waals surface area contributed by atoms with E-state index in [0.29, 0.717) is 22.5 Å².